The van der Waals surface area contributed by atoms with E-state index in [1.165, 1.54) is 20.7 Å². The van der Waals surface area contributed by atoms with Gasteiger partial charge < -0.3 is 18.8 Å². The monoisotopic (exact) mass is 917 g/mol. The van der Waals surface area contributed by atoms with Crippen molar-refractivity contribution in [2.24, 2.45) is 7.05 Å². The number of para-hydroxylation sites is 5. The molecule has 0 unspecified atom stereocenters. The van der Waals surface area contributed by atoms with Crippen molar-refractivity contribution < 1.29 is 25.2 Å². The molecule has 1 aliphatic rings. The number of fused-ring (bicyclic) bond motifs is 7. The molecule has 12 rings (SSSR count). The summed E-state index contributed by atoms with van der Waals surface area (Å²) >= 11 is 0. The van der Waals surface area contributed by atoms with Crippen molar-refractivity contribution >= 4 is 78.9 Å². The molecule has 0 spiro atoms. The minimum atomic E-state index is -3.20. The van der Waals surface area contributed by atoms with E-state index >= 15 is 0 Å². The van der Waals surface area contributed by atoms with Gasteiger partial charge >= 0.3 is 20.4 Å². The molecule has 0 amide bonds. The van der Waals surface area contributed by atoms with Gasteiger partial charge in [0.1, 0.15) is 13.9 Å². The second kappa shape index (κ2) is 15.5. The van der Waals surface area contributed by atoms with Crippen LogP contribution in [0.5, 0.6) is 11.5 Å². The first-order chi connectivity index (χ1) is 30.7. The van der Waals surface area contributed by atoms with E-state index in [0.717, 1.165) is 67.1 Å². The summed E-state index contributed by atoms with van der Waals surface area (Å²) in [7, 11) is -1.15. The van der Waals surface area contributed by atoms with Crippen molar-refractivity contribution in [3.8, 4) is 28.6 Å². The molecule has 0 atom stereocenters. The Morgan fingerprint density at radius 3 is 1.97 bits per heavy atom. The van der Waals surface area contributed by atoms with E-state index in [1.54, 1.807) is 0 Å². The molecule has 11 aromatic rings. The molecular weight excluding hydrogens is 881 g/mol. The standard InChI is InChI=1S/C55H37N5OSi.Pd/c1-58-46-31-14-12-29-44(46)57-55(58)38-20-19-23-40(36-38)61-49-37-48-54(52-43-28-11-13-30-45(43)59(53(49)52)39-21-5-2-6-22-39)62(41-24-7-3-8-25-41,42-26-9-4-10-27-42)50-33-16-15-32-47(50)60(48)51-34-17-18-35-56-51;/h2-35H,1H3;/q-2;+2. The van der Waals surface area contributed by atoms with Gasteiger partial charge in [-0.25, -0.2) is 4.98 Å². The maximum absolute atomic E-state index is 7.28. The molecule has 302 valence electrons. The third-order valence-electron chi connectivity index (χ3n) is 12.3. The molecule has 8 heteroatoms. The van der Waals surface area contributed by atoms with Crippen molar-refractivity contribution in [2.75, 3.05) is 4.90 Å². The average Bonchev–Trinajstić information content (AvgIpc) is 3.87. The minimum Gasteiger partial charge on any atom is -0.501 e. The zero-order chi connectivity index (χ0) is 41.2. The number of imidazole rings is 1. The van der Waals surface area contributed by atoms with E-state index in [4.69, 9.17) is 14.7 Å². The molecule has 0 saturated carbocycles. The van der Waals surface area contributed by atoms with Gasteiger partial charge in [-0.2, -0.15) is 0 Å². The van der Waals surface area contributed by atoms with Crippen LogP contribution in [-0.4, -0.2) is 27.2 Å². The summed E-state index contributed by atoms with van der Waals surface area (Å²) in [4.78, 5) is 12.3. The molecule has 0 N–H and O–H groups in total. The molecule has 0 bridgehead atoms. The van der Waals surface area contributed by atoms with Gasteiger partial charge in [-0.3, -0.25) is 4.98 Å². The number of aryl methyl sites for hydroxylation is 1. The van der Waals surface area contributed by atoms with E-state index in [0.29, 0.717) is 11.5 Å². The summed E-state index contributed by atoms with van der Waals surface area (Å²) in [5.41, 5.74) is 7.83. The zero-order valence-corrected chi connectivity index (χ0v) is 36.6. The fraction of sp³-hybridized carbons (Fsp3) is 0.0182. The van der Waals surface area contributed by atoms with Crippen molar-refractivity contribution in [3.63, 3.8) is 0 Å². The second-order valence-corrected chi connectivity index (χ2v) is 19.3. The fourth-order valence-corrected chi connectivity index (χ4v) is 15.0. The number of nitrogens with zero attached hydrogens (tertiary/aromatic N) is 5. The number of ether oxygens (including phenoxy) is 1. The normalized spacial score (nSPS) is 12.8. The van der Waals surface area contributed by atoms with Crippen molar-refractivity contribution in [2.45, 2.75) is 0 Å². The Kier molecular flexibility index (Phi) is 9.51. The molecule has 0 aliphatic carbocycles. The van der Waals surface area contributed by atoms with E-state index < -0.39 is 8.07 Å². The van der Waals surface area contributed by atoms with Crippen molar-refractivity contribution in [1.82, 2.24) is 19.1 Å². The Hall–Kier alpha value is -7.34. The summed E-state index contributed by atoms with van der Waals surface area (Å²) < 4.78 is 11.7. The Morgan fingerprint density at radius 2 is 1.24 bits per heavy atom. The first kappa shape index (κ1) is 38.6. The Morgan fingerprint density at radius 1 is 0.587 bits per heavy atom. The number of hydrogen-bond donors (Lipinski definition) is 0. The molecular formula is C55H37N5OPdSi. The number of pyridine rings is 1. The number of benzene rings is 8. The minimum absolute atomic E-state index is 0. The second-order valence-electron chi connectivity index (χ2n) is 15.6. The topological polar surface area (TPSA) is 48.1 Å². The SMILES string of the molecule is Cn1c(-c2[c-]c(Oc3[c-]c4c(c5c6ccccc6n(-c6ccccc6)c35)[Si](c3ccccc3)(c3ccccc3)c3ccccc3N4c3ccccn3)ccc2)nc2ccccc21.[Pd+2]. The summed E-state index contributed by atoms with van der Waals surface area (Å²) in [5, 5.41) is 7.31. The Balaban J connectivity index is 0.00000444. The largest absolute Gasteiger partial charge is 2.00 e. The van der Waals surface area contributed by atoms with Gasteiger partial charge in [0.25, 0.3) is 0 Å². The van der Waals surface area contributed by atoms with Gasteiger partial charge in [-0.15, -0.1) is 35.0 Å². The number of hydrogen-bond acceptors (Lipinski definition) is 4. The molecule has 0 fully saturated rings. The smallest absolute Gasteiger partial charge is 0.501 e. The number of anilines is 3. The van der Waals surface area contributed by atoms with Gasteiger partial charge in [0.15, 0.2) is 0 Å². The Labute approximate surface area is 380 Å². The van der Waals surface area contributed by atoms with Crippen LogP contribution < -0.4 is 30.4 Å². The molecule has 6 nitrogen and oxygen atoms in total. The van der Waals surface area contributed by atoms with Gasteiger partial charge in [0.2, 0.25) is 0 Å². The first-order valence-corrected chi connectivity index (χ1v) is 22.8. The van der Waals surface area contributed by atoms with Gasteiger partial charge in [-0.1, -0.05) is 161 Å². The molecule has 4 heterocycles. The molecule has 63 heavy (non-hydrogen) atoms. The van der Waals surface area contributed by atoms with Gasteiger partial charge in [0, 0.05) is 41.6 Å². The van der Waals surface area contributed by atoms with Crippen LogP contribution in [-0.2, 0) is 27.5 Å². The molecule has 0 saturated heterocycles. The Bertz CT molecular complexity index is 3430. The fourth-order valence-electron chi connectivity index (χ4n) is 9.75. The number of aromatic nitrogens is 4. The van der Waals surface area contributed by atoms with E-state index in [2.05, 4.69) is 184 Å². The summed E-state index contributed by atoms with van der Waals surface area (Å²) in [5.74, 6) is 2.76. The van der Waals surface area contributed by atoms with Crippen LogP contribution in [0.4, 0.5) is 17.2 Å². The molecule has 0 radical (unpaired) electrons. The quantitative estimate of drug-likeness (QED) is 0.118. The first-order valence-electron chi connectivity index (χ1n) is 20.8. The third-order valence-corrected chi connectivity index (χ3v) is 17.1. The van der Waals surface area contributed by atoms with E-state index in [1.807, 2.05) is 55.7 Å². The predicted octanol–water partition coefficient (Wildman–Crippen LogP) is 10.3. The molecule has 1 aliphatic heterocycles. The van der Waals surface area contributed by atoms with Crippen LogP contribution in [0.15, 0.2) is 206 Å². The van der Waals surface area contributed by atoms with Crippen LogP contribution in [0, 0.1) is 12.1 Å². The van der Waals surface area contributed by atoms with Crippen LogP contribution >= 0.6 is 0 Å². The van der Waals surface area contributed by atoms with Crippen LogP contribution in [0.3, 0.4) is 0 Å². The molecule has 8 aromatic carbocycles. The maximum Gasteiger partial charge on any atom is 2.00 e. The summed E-state index contributed by atoms with van der Waals surface area (Å²) in [6.07, 6.45) is 1.87. The van der Waals surface area contributed by atoms with E-state index in [9.17, 15) is 0 Å². The number of rotatable bonds is 7. The van der Waals surface area contributed by atoms with Crippen LogP contribution in [0.25, 0.3) is 49.9 Å². The summed E-state index contributed by atoms with van der Waals surface area (Å²) in [6, 6.07) is 78.5. The van der Waals surface area contributed by atoms with Crippen LogP contribution in [0.1, 0.15) is 0 Å². The zero-order valence-electron chi connectivity index (χ0n) is 34.1. The van der Waals surface area contributed by atoms with E-state index in [-0.39, 0.29) is 20.4 Å². The predicted molar refractivity (Wildman–Crippen MR) is 254 cm³/mol. The summed E-state index contributed by atoms with van der Waals surface area (Å²) in [6.45, 7) is 0. The molecule has 3 aromatic heterocycles. The van der Waals surface area contributed by atoms with Gasteiger partial charge in [-0.05, 0) is 64.6 Å². The van der Waals surface area contributed by atoms with Crippen molar-refractivity contribution in [3.05, 3.63) is 219 Å². The van der Waals surface area contributed by atoms with Crippen molar-refractivity contribution in [1.29, 1.82) is 0 Å². The van der Waals surface area contributed by atoms with Gasteiger partial charge in [0.05, 0.1) is 16.9 Å². The third kappa shape index (κ3) is 5.95. The maximum atomic E-state index is 7.28. The average molecular weight is 918 g/mol. The van der Waals surface area contributed by atoms with Crippen LogP contribution in [0.2, 0.25) is 0 Å².